The minimum absolute atomic E-state index is 0.0292. The summed E-state index contributed by atoms with van der Waals surface area (Å²) in [5.41, 5.74) is 7.09. The summed E-state index contributed by atoms with van der Waals surface area (Å²) in [6.07, 6.45) is 3.89. The lowest BCUT2D eigenvalue weighted by Crippen LogP contribution is -2.44. The Bertz CT molecular complexity index is 812. The molecule has 0 radical (unpaired) electrons. The van der Waals surface area contributed by atoms with Crippen molar-refractivity contribution in [2.45, 2.75) is 37.8 Å². The van der Waals surface area contributed by atoms with Gasteiger partial charge in [-0.05, 0) is 48.6 Å². The van der Waals surface area contributed by atoms with E-state index in [2.05, 4.69) is 41.5 Å². The summed E-state index contributed by atoms with van der Waals surface area (Å²) in [5, 5.41) is 23.9. The number of para-hydroxylation sites is 1. The first kappa shape index (κ1) is 21.1. The van der Waals surface area contributed by atoms with Gasteiger partial charge in [0, 0.05) is 31.9 Å². The molecule has 1 unspecified atom stereocenters. The van der Waals surface area contributed by atoms with Gasteiger partial charge in [-0.25, -0.2) is 0 Å². The number of amides is 1. The number of benzene rings is 2. The predicted octanol–water partition coefficient (Wildman–Crippen LogP) is 2.81. The second kappa shape index (κ2) is 9.76. The molecule has 0 spiro atoms. The Labute approximate surface area is 172 Å². The van der Waals surface area contributed by atoms with Gasteiger partial charge < -0.3 is 26.2 Å². The number of nitrogens with zero attached hydrogens (tertiary/aromatic N) is 1. The third-order valence-electron chi connectivity index (χ3n) is 5.86. The standard InChI is InChI=1S/C23H31N3O3/c1-26(18-8-3-2-4-9-18)15-17-7-5-6-10-20(17)25-14-22(28)16-11-12-21(27)19(13-16)23(24)29/h2-4,8-9,11-13,17,20,22,25,27-28H,5-7,10,14-15H2,1H3,(H2,24,29)/t17-,20-,22?/m1/s1. The van der Waals surface area contributed by atoms with Crippen molar-refractivity contribution in [3.63, 3.8) is 0 Å². The third kappa shape index (κ3) is 5.49. The van der Waals surface area contributed by atoms with Crippen molar-refractivity contribution in [3.05, 3.63) is 59.7 Å². The van der Waals surface area contributed by atoms with Crippen LogP contribution >= 0.6 is 0 Å². The number of aliphatic hydroxyl groups is 1. The molecule has 0 aliphatic heterocycles. The fourth-order valence-electron chi connectivity index (χ4n) is 4.17. The maximum absolute atomic E-state index is 11.4. The van der Waals surface area contributed by atoms with Crippen LogP contribution in [0.25, 0.3) is 0 Å². The van der Waals surface area contributed by atoms with Gasteiger partial charge in [-0.3, -0.25) is 4.79 Å². The summed E-state index contributed by atoms with van der Waals surface area (Å²) < 4.78 is 0. The van der Waals surface area contributed by atoms with Gasteiger partial charge >= 0.3 is 0 Å². The second-order valence-electron chi connectivity index (χ2n) is 7.93. The third-order valence-corrected chi connectivity index (χ3v) is 5.86. The van der Waals surface area contributed by atoms with Crippen LogP contribution in [-0.4, -0.2) is 42.3 Å². The molecular weight excluding hydrogens is 366 g/mol. The first-order chi connectivity index (χ1) is 14.0. The first-order valence-corrected chi connectivity index (χ1v) is 10.3. The molecule has 6 nitrogen and oxygen atoms in total. The number of rotatable bonds is 8. The Hall–Kier alpha value is -2.57. The molecule has 1 amide bonds. The van der Waals surface area contributed by atoms with Crippen LogP contribution in [0.4, 0.5) is 5.69 Å². The number of hydrogen-bond acceptors (Lipinski definition) is 5. The number of hydrogen-bond donors (Lipinski definition) is 4. The molecule has 3 atom stereocenters. The highest BCUT2D eigenvalue weighted by Gasteiger charge is 2.27. The average Bonchev–Trinajstić information content (AvgIpc) is 2.73. The van der Waals surface area contributed by atoms with Crippen molar-refractivity contribution in [2.75, 3.05) is 25.0 Å². The summed E-state index contributed by atoms with van der Waals surface area (Å²) in [5.74, 6) is -0.374. The highest BCUT2D eigenvalue weighted by molar-refractivity contribution is 5.95. The number of primary amides is 1. The lowest BCUT2D eigenvalue weighted by molar-refractivity contribution is 0.0997. The summed E-state index contributed by atoms with van der Waals surface area (Å²) in [6, 6.07) is 15.2. The van der Waals surface area contributed by atoms with E-state index in [1.807, 2.05) is 6.07 Å². The van der Waals surface area contributed by atoms with Crippen molar-refractivity contribution >= 4 is 11.6 Å². The van der Waals surface area contributed by atoms with E-state index >= 15 is 0 Å². The van der Waals surface area contributed by atoms with E-state index in [1.165, 1.54) is 30.7 Å². The number of nitrogens with two attached hydrogens (primary N) is 1. The molecule has 1 aliphatic carbocycles. The van der Waals surface area contributed by atoms with Crippen molar-refractivity contribution < 1.29 is 15.0 Å². The van der Waals surface area contributed by atoms with Crippen LogP contribution in [0, 0.1) is 5.92 Å². The molecule has 3 rings (SSSR count). The predicted molar refractivity (Wildman–Crippen MR) is 115 cm³/mol. The number of aromatic hydroxyl groups is 1. The number of carbonyl (C=O) groups excluding carboxylic acids is 1. The molecule has 0 saturated heterocycles. The minimum Gasteiger partial charge on any atom is -0.507 e. The van der Waals surface area contributed by atoms with E-state index in [9.17, 15) is 15.0 Å². The minimum atomic E-state index is -0.775. The Kier molecular flexibility index (Phi) is 7.12. The van der Waals surface area contributed by atoms with Crippen molar-refractivity contribution in [1.29, 1.82) is 0 Å². The maximum Gasteiger partial charge on any atom is 0.252 e. The number of nitrogens with one attached hydrogen (secondary N) is 1. The monoisotopic (exact) mass is 397 g/mol. The number of phenols is 1. The lowest BCUT2D eigenvalue weighted by Gasteiger charge is -2.36. The van der Waals surface area contributed by atoms with Crippen LogP contribution in [-0.2, 0) is 0 Å². The molecule has 2 aromatic rings. The first-order valence-electron chi connectivity index (χ1n) is 10.3. The summed E-state index contributed by atoms with van der Waals surface area (Å²) in [4.78, 5) is 13.7. The molecule has 6 heteroatoms. The maximum atomic E-state index is 11.4. The highest BCUT2D eigenvalue weighted by Crippen LogP contribution is 2.28. The van der Waals surface area contributed by atoms with Crippen LogP contribution in [0.15, 0.2) is 48.5 Å². The van der Waals surface area contributed by atoms with Gasteiger partial charge in [0.2, 0.25) is 0 Å². The zero-order valence-electron chi connectivity index (χ0n) is 16.9. The summed E-state index contributed by atoms with van der Waals surface area (Å²) in [7, 11) is 2.12. The van der Waals surface area contributed by atoms with Crippen LogP contribution in [0.1, 0.15) is 47.7 Å². The van der Waals surface area contributed by atoms with E-state index in [0.29, 0.717) is 24.1 Å². The lowest BCUT2D eigenvalue weighted by atomic mass is 9.84. The summed E-state index contributed by atoms with van der Waals surface area (Å²) >= 11 is 0. The smallest absolute Gasteiger partial charge is 0.252 e. The van der Waals surface area contributed by atoms with Crippen LogP contribution < -0.4 is 16.0 Å². The fourth-order valence-corrected chi connectivity index (χ4v) is 4.17. The number of aliphatic hydroxyl groups excluding tert-OH is 1. The van der Waals surface area contributed by atoms with Gasteiger partial charge in [0.05, 0.1) is 11.7 Å². The van der Waals surface area contributed by atoms with E-state index < -0.39 is 12.0 Å². The van der Waals surface area contributed by atoms with E-state index in [1.54, 1.807) is 6.07 Å². The molecule has 0 aromatic heterocycles. The molecule has 0 bridgehead atoms. The zero-order chi connectivity index (χ0) is 20.8. The van der Waals surface area contributed by atoms with Gasteiger partial charge in [-0.15, -0.1) is 0 Å². The van der Waals surface area contributed by atoms with Gasteiger partial charge in [-0.1, -0.05) is 37.1 Å². The SMILES string of the molecule is CN(C[C@H]1CCCC[C@H]1NCC(O)c1ccc(O)c(C(N)=O)c1)c1ccccc1. The Morgan fingerprint density at radius 3 is 2.66 bits per heavy atom. The van der Waals surface area contributed by atoms with Crippen LogP contribution in [0.5, 0.6) is 5.75 Å². The van der Waals surface area contributed by atoms with E-state index in [0.717, 1.165) is 19.4 Å². The molecule has 156 valence electrons. The van der Waals surface area contributed by atoms with Gasteiger partial charge in [0.1, 0.15) is 5.75 Å². The highest BCUT2D eigenvalue weighted by atomic mass is 16.3. The van der Waals surface area contributed by atoms with Crippen molar-refractivity contribution in [1.82, 2.24) is 5.32 Å². The topological polar surface area (TPSA) is 98.8 Å². The molecule has 5 N–H and O–H groups in total. The number of anilines is 1. The summed E-state index contributed by atoms with van der Waals surface area (Å²) in [6.45, 7) is 1.35. The fraction of sp³-hybridized carbons (Fsp3) is 0.435. The Morgan fingerprint density at radius 1 is 1.21 bits per heavy atom. The van der Waals surface area contributed by atoms with Crippen molar-refractivity contribution in [2.24, 2.45) is 11.7 Å². The number of carbonyl (C=O) groups is 1. The molecular formula is C23H31N3O3. The van der Waals surface area contributed by atoms with Gasteiger partial charge in [0.25, 0.3) is 5.91 Å². The largest absolute Gasteiger partial charge is 0.507 e. The molecule has 0 heterocycles. The van der Waals surface area contributed by atoms with Crippen LogP contribution in [0.3, 0.4) is 0 Å². The quantitative estimate of drug-likeness (QED) is 0.549. The molecule has 2 aromatic carbocycles. The van der Waals surface area contributed by atoms with E-state index in [4.69, 9.17) is 5.73 Å². The Morgan fingerprint density at radius 2 is 1.93 bits per heavy atom. The molecule has 1 fully saturated rings. The second-order valence-corrected chi connectivity index (χ2v) is 7.93. The normalized spacial score (nSPS) is 20.2. The van der Waals surface area contributed by atoms with E-state index in [-0.39, 0.29) is 11.3 Å². The van der Waals surface area contributed by atoms with Gasteiger partial charge in [0.15, 0.2) is 0 Å². The molecule has 1 aliphatic rings. The molecule has 1 saturated carbocycles. The zero-order valence-corrected chi connectivity index (χ0v) is 16.9. The average molecular weight is 398 g/mol. The molecule has 29 heavy (non-hydrogen) atoms. The van der Waals surface area contributed by atoms with Gasteiger partial charge in [-0.2, -0.15) is 0 Å². The van der Waals surface area contributed by atoms with Crippen LogP contribution in [0.2, 0.25) is 0 Å². The van der Waals surface area contributed by atoms with Crippen molar-refractivity contribution in [3.8, 4) is 5.75 Å². The Balaban J connectivity index is 1.60.